The van der Waals surface area contributed by atoms with Crippen LogP contribution in [0.25, 0.3) is 17.3 Å². The van der Waals surface area contributed by atoms with Crippen LogP contribution in [0.4, 0.5) is 5.82 Å². The van der Waals surface area contributed by atoms with Gasteiger partial charge < -0.3 is 9.80 Å². The second kappa shape index (κ2) is 6.06. The Bertz CT molecular complexity index is 616. The maximum atomic E-state index is 4.60. The molecule has 4 heteroatoms. The first kappa shape index (κ1) is 13.8. The van der Waals surface area contributed by atoms with Crippen molar-refractivity contribution in [1.29, 1.82) is 0 Å². The first-order chi connectivity index (χ1) is 10.3. The maximum Gasteiger partial charge on any atom is 0.154 e. The molecule has 0 saturated carbocycles. The Hall–Kier alpha value is -2.20. The van der Waals surface area contributed by atoms with Gasteiger partial charge in [0, 0.05) is 37.8 Å². The lowest BCUT2D eigenvalue weighted by Crippen LogP contribution is -2.44. The lowest BCUT2D eigenvalue weighted by Gasteiger charge is -2.33. The van der Waals surface area contributed by atoms with Gasteiger partial charge in [-0.05, 0) is 13.1 Å². The van der Waals surface area contributed by atoms with Crippen LogP contribution < -0.4 is 4.90 Å². The average molecular weight is 280 g/mol. The maximum absolute atomic E-state index is 4.60. The first-order valence-corrected chi connectivity index (χ1v) is 7.27. The average Bonchev–Trinajstić information content (AvgIpc) is 2.56. The summed E-state index contributed by atoms with van der Waals surface area (Å²) in [6.45, 7) is 7.94. The van der Waals surface area contributed by atoms with Crippen LogP contribution >= 0.6 is 0 Å². The lowest BCUT2D eigenvalue weighted by molar-refractivity contribution is 0.312. The molecule has 0 bridgehead atoms. The van der Waals surface area contributed by atoms with Gasteiger partial charge >= 0.3 is 0 Å². The van der Waals surface area contributed by atoms with Crippen LogP contribution in [0.2, 0.25) is 0 Å². The first-order valence-electron chi connectivity index (χ1n) is 7.27. The van der Waals surface area contributed by atoms with Crippen LogP contribution in [0.1, 0.15) is 5.82 Å². The molecule has 1 aliphatic rings. The van der Waals surface area contributed by atoms with Crippen LogP contribution in [0.3, 0.4) is 0 Å². The van der Waals surface area contributed by atoms with Gasteiger partial charge in [-0.1, -0.05) is 36.9 Å². The van der Waals surface area contributed by atoms with Gasteiger partial charge in [-0.3, -0.25) is 0 Å². The highest BCUT2D eigenvalue weighted by Crippen LogP contribution is 2.22. The Labute approximate surface area is 125 Å². The number of anilines is 1. The molecule has 0 amide bonds. The lowest BCUT2D eigenvalue weighted by atomic mass is 10.1. The van der Waals surface area contributed by atoms with E-state index in [1.54, 1.807) is 6.08 Å². The molecule has 0 N–H and O–H groups in total. The summed E-state index contributed by atoms with van der Waals surface area (Å²) >= 11 is 0. The van der Waals surface area contributed by atoms with Gasteiger partial charge in [0.1, 0.15) is 5.82 Å². The van der Waals surface area contributed by atoms with E-state index < -0.39 is 0 Å². The molecule has 0 aliphatic carbocycles. The van der Waals surface area contributed by atoms with E-state index >= 15 is 0 Å². The highest BCUT2D eigenvalue weighted by Gasteiger charge is 2.17. The van der Waals surface area contributed by atoms with E-state index in [1.165, 1.54) is 0 Å². The quantitative estimate of drug-likeness (QED) is 0.865. The van der Waals surface area contributed by atoms with Crippen LogP contribution in [-0.2, 0) is 0 Å². The fourth-order valence-electron chi connectivity index (χ4n) is 2.50. The van der Waals surface area contributed by atoms with Crippen molar-refractivity contribution in [3.63, 3.8) is 0 Å². The molecule has 1 fully saturated rings. The second-order valence-corrected chi connectivity index (χ2v) is 5.33. The van der Waals surface area contributed by atoms with Gasteiger partial charge in [-0.2, -0.15) is 0 Å². The third-order valence-electron chi connectivity index (χ3n) is 3.81. The molecule has 3 rings (SSSR count). The Morgan fingerprint density at radius 2 is 1.76 bits per heavy atom. The van der Waals surface area contributed by atoms with Gasteiger partial charge in [-0.25, -0.2) is 9.97 Å². The summed E-state index contributed by atoms with van der Waals surface area (Å²) in [6.07, 6.45) is 1.71. The molecule has 4 nitrogen and oxygen atoms in total. The number of hydrogen-bond donors (Lipinski definition) is 0. The molecule has 1 aliphatic heterocycles. The Morgan fingerprint density at radius 3 is 2.43 bits per heavy atom. The van der Waals surface area contributed by atoms with E-state index in [1.807, 2.05) is 18.2 Å². The zero-order chi connectivity index (χ0) is 14.7. The van der Waals surface area contributed by atoms with E-state index in [0.29, 0.717) is 5.82 Å². The van der Waals surface area contributed by atoms with E-state index in [2.05, 4.69) is 51.6 Å². The number of rotatable bonds is 3. The standard InChI is InChI=1S/C17H20N4/c1-3-16-18-15(14-7-5-4-6-8-14)13-17(19-16)21-11-9-20(2)10-12-21/h3-8,13H,1,9-12H2,2H3. The van der Waals surface area contributed by atoms with E-state index in [-0.39, 0.29) is 0 Å². The molecule has 21 heavy (non-hydrogen) atoms. The second-order valence-electron chi connectivity index (χ2n) is 5.33. The van der Waals surface area contributed by atoms with Crippen molar-refractivity contribution in [3.8, 4) is 11.3 Å². The minimum atomic E-state index is 0.685. The Kier molecular flexibility index (Phi) is 3.97. The summed E-state index contributed by atoms with van der Waals surface area (Å²) in [4.78, 5) is 13.8. The van der Waals surface area contributed by atoms with Gasteiger partial charge in [0.25, 0.3) is 0 Å². The summed E-state index contributed by atoms with van der Waals surface area (Å²) < 4.78 is 0. The largest absolute Gasteiger partial charge is 0.354 e. The van der Waals surface area contributed by atoms with E-state index in [4.69, 9.17) is 0 Å². The molecule has 1 aromatic heterocycles. The number of benzene rings is 1. The third-order valence-corrected chi connectivity index (χ3v) is 3.81. The van der Waals surface area contributed by atoms with E-state index in [9.17, 15) is 0 Å². The normalized spacial score (nSPS) is 16.0. The van der Waals surface area contributed by atoms with Gasteiger partial charge in [0.2, 0.25) is 0 Å². The molecule has 0 atom stereocenters. The Morgan fingerprint density at radius 1 is 1.05 bits per heavy atom. The summed E-state index contributed by atoms with van der Waals surface area (Å²) in [5.74, 6) is 1.68. The smallest absolute Gasteiger partial charge is 0.154 e. The summed E-state index contributed by atoms with van der Waals surface area (Å²) in [5.41, 5.74) is 2.06. The summed E-state index contributed by atoms with van der Waals surface area (Å²) in [7, 11) is 2.15. The van der Waals surface area contributed by atoms with Crippen molar-refractivity contribution in [1.82, 2.24) is 14.9 Å². The van der Waals surface area contributed by atoms with Crippen LogP contribution in [0.15, 0.2) is 43.0 Å². The van der Waals surface area contributed by atoms with Gasteiger partial charge in [-0.15, -0.1) is 0 Å². The summed E-state index contributed by atoms with van der Waals surface area (Å²) in [5, 5.41) is 0. The molecule has 1 aromatic carbocycles. The van der Waals surface area contributed by atoms with Gasteiger partial charge in [0.05, 0.1) is 5.69 Å². The fraction of sp³-hybridized carbons (Fsp3) is 0.294. The van der Waals surface area contributed by atoms with Crippen molar-refractivity contribution in [2.45, 2.75) is 0 Å². The molecule has 0 radical (unpaired) electrons. The fourth-order valence-corrected chi connectivity index (χ4v) is 2.50. The van der Waals surface area contributed by atoms with Crippen LogP contribution in [0, 0.1) is 0 Å². The van der Waals surface area contributed by atoms with Crippen molar-refractivity contribution < 1.29 is 0 Å². The third kappa shape index (κ3) is 3.11. The molecular weight excluding hydrogens is 260 g/mol. The number of likely N-dealkylation sites (N-methyl/N-ethyl adjacent to an activating group) is 1. The van der Waals surface area contributed by atoms with Gasteiger partial charge in [0.15, 0.2) is 5.82 Å². The van der Waals surface area contributed by atoms with Crippen molar-refractivity contribution in [2.75, 3.05) is 38.1 Å². The van der Waals surface area contributed by atoms with Crippen molar-refractivity contribution in [3.05, 3.63) is 48.8 Å². The number of nitrogens with zero attached hydrogens (tertiary/aromatic N) is 4. The minimum Gasteiger partial charge on any atom is -0.354 e. The van der Waals surface area contributed by atoms with E-state index in [0.717, 1.165) is 43.3 Å². The predicted molar refractivity (Wildman–Crippen MR) is 87.3 cm³/mol. The molecule has 2 heterocycles. The molecule has 108 valence electrons. The predicted octanol–water partition coefficient (Wildman–Crippen LogP) is 2.54. The monoisotopic (exact) mass is 280 g/mol. The Balaban J connectivity index is 1.96. The zero-order valence-corrected chi connectivity index (χ0v) is 12.4. The zero-order valence-electron chi connectivity index (χ0n) is 12.4. The number of piperazine rings is 1. The molecular formula is C17H20N4. The minimum absolute atomic E-state index is 0.685. The highest BCUT2D eigenvalue weighted by molar-refractivity contribution is 5.64. The summed E-state index contributed by atoms with van der Waals surface area (Å²) in [6, 6.07) is 12.3. The highest BCUT2D eigenvalue weighted by atomic mass is 15.3. The molecule has 1 saturated heterocycles. The van der Waals surface area contributed by atoms with Crippen LogP contribution in [-0.4, -0.2) is 48.1 Å². The topological polar surface area (TPSA) is 32.3 Å². The van der Waals surface area contributed by atoms with Crippen molar-refractivity contribution in [2.24, 2.45) is 0 Å². The SMILES string of the molecule is C=Cc1nc(-c2ccccc2)cc(N2CCN(C)CC2)n1. The number of aromatic nitrogens is 2. The molecule has 0 spiro atoms. The molecule has 2 aromatic rings. The van der Waals surface area contributed by atoms with Crippen molar-refractivity contribution >= 4 is 11.9 Å². The molecule has 0 unspecified atom stereocenters. The number of hydrogen-bond acceptors (Lipinski definition) is 4. The van der Waals surface area contributed by atoms with Crippen LogP contribution in [0.5, 0.6) is 0 Å².